The highest BCUT2D eigenvalue weighted by Crippen LogP contribution is 1.95. The molecule has 0 amide bonds. The molecule has 4 heteroatoms. The third-order valence-electron chi connectivity index (χ3n) is 1.46. The Labute approximate surface area is 78.5 Å². The van der Waals surface area contributed by atoms with Gasteiger partial charge in [0.15, 0.2) is 13.6 Å². The average molecular weight is 188 g/mol. The fourth-order valence-electron chi connectivity index (χ4n) is 0.475. The van der Waals surface area contributed by atoms with Crippen molar-refractivity contribution in [3.05, 3.63) is 12.7 Å². The fourth-order valence-corrected chi connectivity index (χ4v) is 0.475. The summed E-state index contributed by atoms with van der Waals surface area (Å²) >= 11 is 0. The van der Waals surface area contributed by atoms with E-state index in [1.54, 1.807) is 0 Å². The van der Waals surface area contributed by atoms with E-state index in [9.17, 15) is 4.79 Å². The number of carbonyl (C=O) groups is 1. The van der Waals surface area contributed by atoms with Crippen LogP contribution in [0.4, 0.5) is 0 Å². The van der Waals surface area contributed by atoms with Gasteiger partial charge in [0.2, 0.25) is 0 Å². The molecule has 0 spiro atoms. The Kier molecular flexibility index (Phi) is 7.24. The lowest BCUT2D eigenvalue weighted by molar-refractivity contribution is -0.167. The van der Waals surface area contributed by atoms with Crippen molar-refractivity contribution in [3.8, 4) is 0 Å². The lowest BCUT2D eigenvalue weighted by atomic mass is 10.3. The Morgan fingerprint density at radius 2 is 2.23 bits per heavy atom. The molecular weight excluding hydrogens is 172 g/mol. The second-order valence-electron chi connectivity index (χ2n) is 2.49. The summed E-state index contributed by atoms with van der Waals surface area (Å²) in [5.74, 6) is -0.497. The zero-order valence-electron chi connectivity index (χ0n) is 8.12. The first-order valence-electron chi connectivity index (χ1n) is 4.19. The monoisotopic (exact) mass is 188 g/mol. The molecule has 0 radical (unpaired) electrons. The van der Waals surface area contributed by atoms with Gasteiger partial charge >= 0.3 is 5.97 Å². The van der Waals surface area contributed by atoms with E-state index >= 15 is 0 Å². The number of rotatable bonds is 7. The molecule has 0 aliphatic heterocycles. The maximum absolute atomic E-state index is 10.5. The second kappa shape index (κ2) is 7.76. The van der Waals surface area contributed by atoms with Gasteiger partial charge in [-0.25, -0.2) is 4.79 Å². The zero-order valence-corrected chi connectivity index (χ0v) is 8.12. The summed E-state index contributed by atoms with van der Waals surface area (Å²) in [7, 11) is 0. The van der Waals surface area contributed by atoms with E-state index in [0.29, 0.717) is 0 Å². The van der Waals surface area contributed by atoms with Gasteiger partial charge in [-0.05, 0) is 13.3 Å². The van der Waals surface area contributed by atoms with E-state index in [2.05, 4.69) is 11.3 Å². The van der Waals surface area contributed by atoms with E-state index < -0.39 is 5.97 Å². The maximum atomic E-state index is 10.5. The molecule has 0 aliphatic carbocycles. The van der Waals surface area contributed by atoms with Crippen molar-refractivity contribution >= 4 is 5.97 Å². The number of ether oxygens (including phenoxy) is 3. The number of carbonyl (C=O) groups excluding carboxylic acids is 1. The highest BCUT2D eigenvalue weighted by atomic mass is 16.7. The van der Waals surface area contributed by atoms with E-state index in [1.165, 1.54) is 0 Å². The minimum Gasteiger partial charge on any atom is -0.435 e. The predicted octanol–water partition coefficient (Wildman–Crippen LogP) is 1.46. The van der Waals surface area contributed by atoms with Gasteiger partial charge in [0.25, 0.3) is 0 Å². The van der Waals surface area contributed by atoms with Crippen LogP contribution in [0, 0.1) is 0 Å². The largest absolute Gasteiger partial charge is 0.435 e. The lowest BCUT2D eigenvalue weighted by Crippen LogP contribution is -2.12. The summed E-state index contributed by atoms with van der Waals surface area (Å²) < 4.78 is 14.6. The minimum atomic E-state index is -0.497. The first-order valence-corrected chi connectivity index (χ1v) is 4.19. The molecule has 0 rings (SSSR count). The van der Waals surface area contributed by atoms with Gasteiger partial charge in [-0.15, -0.1) is 0 Å². The van der Waals surface area contributed by atoms with Crippen molar-refractivity contribution in [1.82, 2.24) is 0 Å². The van der Waals surface area contributed by atoms with Crippen LogP contribution < -0.4 is 0 Å². The van der Waals surface area contributed by atoms with Crippen LogP contribution in [-0.4, -0.2) is 25.7 Å². The Morgan fingerprint density at radius 3 is 2.77 bits per heavy atom. The minimum absolute atomic E-state index is 0.0959. The van der Waals surface area contributed by atoms with Crippen LogP contribution in [0.15, 0.2) is 12.7 Å². The van der Waals surface area contributed by atoms with Crippen molar-refractivity contribution in [2.75, 3.05) is 13.6 Å². The van der Waals surface area contributed by atoms with Gasteiger partial charge in [-0.1, -0.05) is 13.5 Å². The van der Waals surface area contributed by atoms with Gasteiger partial charge in [0.05, 0.1) is 6.10 Å². The smallest absolute Gasteiger partial charge is 0.332 e. The van der Waals surface area contributed by atoms with Crippen LogP contribution in [0.2, 0.25) is 0 Å². The van der Waals surface area contributed by atoms with Crippen LogP contribution in [0.5, 0.6) is 0 Å². The van der Waals surface area contributed by atoms with Gasteiger partial charge in [-0.3, -0.25) is 0 Å². The lowest BCUT2D eigenvalue weighted by Gasteiger charge is -2.10. The van der Waals surface area contributed by atoms with E-state index in [4.69, 9.17) is 9.47 Å². The Hall–Kier alpha value is -0.870. The topological polar surface area (TPSA) is 44.8 Å². The predicted molar refractivity (Wildman–Crippen MR) is 47.9 cm³/mol. The van der Waals surface area contributed by atoms with Gasteiger partial charge in [0.1, 0.15) is 0 Å². The molecule has 0 saturated heterocycles. The molecule has 0 aromatic carbocycles. The molecule has 4 nitrogen and oxygen atoms in total. The third kappa shape index (κ3) is 7.49. The molecule has 0 heterocycles. The molecule has 13 heavy (non-hydrogen) atoms. The van der Waals surface area contributed by atoms with Crippen molar-refractivity contribution in [2.24, 2.45) is 0 Å². The molecule has 0 aromatic heterocycles. The second-order valence-corrected chi connectivity index (χ2v) is 2.49. The van der Waals surface area contributed by atoms with Crippen molar-refractivity contribution in [3.63, 3.8) is 0 Å². The highest BCUT2D eigenvalue weighted by molar-refractivity contribution is 5.81. The Bertz CT molecular complexity index is 156. The van der Waals surface area contributed by atoms with Gasteiger partial charge < -0.3 is 14.2 Å². The van der Waals surface area contributed by atoms with Crippen LogP contribution in [0.1, 0.15) is 20.3 Å². The highest BCUT2D eigenvalue weighted by Gasteiger charge is 1.98. The van der Waals surface area contributed by atoms with Crippen molar-refractivity contribution < 1.29 is 19.0 Å². The molecule has 0 aromatic rings. The summed E-state index contributed by atoms with van der Waals surface area (Å²) in [6.45, 7) is 7.24. The normalized spacial score (nSPS) is 12.2. The number of hydrogen-bond donors (Lipinski definition) is 0. The quantitative estimate of drug-likeness (QED) is 0.262. The Balaban J connectivity index is 3.17. The maximum Gasteiger partial charge on any atom is 0.332 e. The molecule has 0 N–H and O–H groups in total. The summed E-state index contributed by atoms with van der Waals surface area (Å²) in [6.07, 6.45) is 2.17. The van der Waals surface area contributed by atoms with Crippen LogP contribution in [-0.2, 0) is 19.0 Å². The first kappa shape index (κ1) is 12.1. The van der Waals surface area contributed by atoms with Gasteiger partial charge in [-0.2, -0.15) is 0 Å². The summed E-state index contributed by atoms with van der Waals surface area (Å²) in [5, 5.41) is 0. The molecule has 0 saturated carbocycles. The van der Waals surface area contributed by atoms with Crippen LogP contribution in [0.25, 0.3) is 0 Å². The average Bonchev–Trinajstić information content (AvgIpc) is 2.16. The number of hydrogen-bond acceptors (Lipinski definition) is 4. The molecule has 0 bridgehead atoms. The van der Waals surface area contributed by atoms with Crippen molar-refractivity contribution in [2.45, 2.75) is 26.4 Å². The SMILES string of the molecule is C=CC(=O)OCOCOC(C)CC. The standard InChI is InChI=1S/C9H16O4/c1-4-8(3)12-6-11-7-13-9(10)5-2/h5,8H,2,4,6-7H2,1,3H3. The summed E-state index contributed by atoms with van der Waals surface area (Å²) in [6, 6.07) is 0. The van der Waals surface area contributed by atoms with Crippen LogP contribution in [0.3, 0.4) is 0 Å². The summed E-state index contributed by atoms with van der Waals surface area (Å²) in [5.41, 5.74) is 0. The van der Waals surface area contributed by atoms with E-state index in [0.717, 1.165) is 12.5 Å². The zero-order chi connectivity index (χ0) is 10.1. The first-order chi connectivity index (χ1) is 6.20. The molecule has 76 valence electrons. The molecule has 1 atom stereocenters. The van der Waals surface area contributed by atoms with Gasteiger partial charge in [0, 0.05) is 6.08 Å². The molecule has 0 fully saturated rings. The molecular formula is C9H16O4. The van der Waals surface area contributed by atoms with E-state index in [-0.39, 0.29) is 19.7 Å². The fraction of sp³-hybridized carbons (Fsp3) is 0.667. The summed E-state index contributed by atoms with van der Waals surface area (Å²) in [4.78, 5) is 10.5. The third-order valence-corrected chi connectivity index (χ3v) is 1.46. The molecule has 0 aliphatic rings. The number of esters is 1. The van der Waals surface area contributed by atoms with Crippen LogP contribution >= 0.6 is 0 Å². The van der Waals surface area contributed by atoms with Crippen molar-refractivity contribution in [1.29, 1.82) is 0 Å². The Morgan fingerprint density at radius 1 is 1.54 bits per heavy atom. The molecule has 1 unspecified atom stereocenters. The van der Waals surface area contributed by atoms with E-state index in [1.807, 2.05) is 13.8 Å².